The van der Waals surface area contributed by atoms with Crippen molar-refractivity contribution in [3.63, 3.8) is 0 Å². The van der Waals surface area contributed by atoms with Gasteiger partial charge in [-0.1, -0.05) is 5.16 Å². The summed E-state index contributed by atoms with van der Waals surface area (Å²) in [6.07, 6.45) is -4.26. The maximum absolute atomic E-state index is 12.7. The maximum Gasteiger partial charge on any atom is 0.390 e. The first-order chi connectivity index (χ1) is 14.5. The number of carbonyl (C=O) groups is 2. The van der Waals surface area contributed by atoms with Crippen molar-refractivity contribution in [2.45, 2.75) is 31.5 Å². The van der Waals surface area contributed by atoms with Crippen LogP contribution in [-0.2, 0) is 21.5 Å². The van der Waals surface area contributed by atoms with Crippen LogP contribution in [-0.4, -0.2) is 42.9 Å². The van der Waals surface area contributed by atoms with E-state index < -0.39 is 36.4 Å². The molecule has 4 rings (SSSR count). The van der Waals surface area contributed by atoms with E-state index in [4.69, 9.17) is 16.0 Å². The van der Waals surface area contributed by atoms with Crippen molar-refractivity contribution in [1.82, 2.24) is 24.9 Å². The predicted octanol–water partition coefficient (Wildman–Crippen LogP) is 1.22. The summed E-state index contributed by atoms with van der Waals surface area (Å²) < 4.78 is 44.0. The monoisotopic (exact) mass is 436 g/mol. The van der Waals surface area contributed by atoms with Crippen molar-refractivity contribution >= 4 is 23.5 Å². The second-order valence-electron chi connectivity index (χ2n) is 6.99. The SMILES string of the molecule is CC1(C(N)=O)C(=O)Nc2nc(-c3cc(-c4ccon4)n(CCC(F)(F)F)n3)nc(N)c21. The molecule has 2 amide bonds. The van der Waals surface area contributed by atoms with Crippen molar-refractivity contribution in [3.8, 4) is 22.9 Å². The van der Waals surface area contributed by atoms with Crippen LogP contribution in [0.25, 0.3) is 22.9 Å². The summed E-state index contributed by atoms with van der Waals surface area (Å²) in [5.74, 6) is -1.93. The molecule has 0 radical (unpaired) electrons. The second-order valence-corrected chi connectivity index (χ2v) is 6.99. The normalized spacial score (nSPS) is 18.1. The smallest absolute Gasteiger partial charge is 0.383 e. The molecule has 0 aliphatic carbocycles. The van der Waals surface area contributed by atoms with Gasteiger partial charge in [0.2, 0.25) is 11.8 Å². The zero-order valence-corrected chi connectivity index (χ0v) is 15.9. The molecule has 3 aromatic heterocycles. The van der Waals surface area contributed by atoms with Crippen molar-refractivity contribution in [2.75, 3.05) is 11.1 Å². The third kappa shape index (κ3) is 3.35. The van der Waals surface area contributed by atoms with Crippen LogP contribution in [0.1, 0.15) is 18.9 Å². The first-order valence-electron chi connectivity index (χ1n) is 8.86. The number of rotatable bonds is 5. The van der Waals surface area contributed by atoms with Crippen LogP contribution < -0.4 is 16.8 Å². The number of nitrogens with two attached hydrogens (primary N) is 2. The lowest BCUT2D eigenvalue weighted by Crippen LogP contribution is -2.44. The predicted molar refractivity (Wildman–Crippen MR) is 99.0 cm³/mol. The lowest BCUT2D eigenvalue weighted by Gasteiger charge is -2.18. The van der Waals surface area contributed by atoms with E-state index in [1.807, 2.05) is 0 Å². The van der Waals surface area contributed by atoms with E-state index in [2.05, 4.69) is 25.5 Å². The van der Waals surface area contributed by atoms with Gasteiger partial charge in [0.25, 0.3) is 0 Å². The Balaban J connectivity index is 1.79. The molecule has 0 fully saturated rings. The molecule has 162 valence electrons. The molecule has 0 saturated heterocycles. The molecular weight excluding hydrogens is 421 g/mol. The number of carbonyl (C=O) groups excluding carboxylic acids is 2. The summed E-state index contributed by atoms with van der Waals surface area (Å²) in [6.45, 7) is 0.813. The van der Waals surface area contributed by atoms with E-state index in [0.29, 0.717) is 0 Å². The van der Waals surface area contributed by atoms with Crippen LogP contribution in [0.2, 0.25) is 0 Å². The van der Waals surface area contributed by atoms with E-state index in [9.17, 15) is 22.8 Å². The molecule has 1 aliphatic heterocycles. The Hall–Kier alpha value is -3.97. The van der Waals surface area contributed by atoms with Crippen LogP contribution in [0.3, 0.4) is 0 Å². The van der Waals surface area contributed by atoms with Gasteiger partial charge < -0.3 is 21.3 Å². The number of hydrogen-bond donors (Lipinski definition) is 3. The number of alkyl halides is 3. The standard InChI is InChI=1S/C17H15F3N8O3/c1-16(14(22)29)10-11(21)23-12(24-13(10)25-15(16)30)8-6-9(7-2-5-31-27-7)28(26-8)4-3-17(18,19)20/h2,5-6H,3-4H2,1H3,(H2,22,29)(H3,21,23,24,25,30). The van der Waals surface area contributed by atoms with Crippen molar-refractivity contribution in [3.05, 3.63) is 24.0 Å². The largest absolute Gasteiger partial charge is 0.390 e. The summed E-state index contributed by atoms with van der Waals surface area (Å²) in [5, 5.41) is 10.3. The molecule has 5 N–H and O–H groups in total. The van der Waals surface area contributed by atoms with Gasteiger partial charge in [0, 0.05) is 6.07 Å². The van der Waals surface area contributed by atoms with Crippen LogP contribution >= 0.6 is 0 Å². The van der Waals surface area contributed by atoms with Gasteiger partial charge in [-0.2, -0.15) is 18.3 Å². The first kappa shape index (κ1) is 20.3. The lowest BCUT2D eigenvalue weighted by molar-refractivity contribution is -0.137. The van der Waals surface area contributed by atoms with Crippen molar-refractivity contribution < 1.29 is 27.3 Å². The summed E-state index contributed by atoms with van der Waals surface area (Å²) in [6, 6.07) is 2.88. The van der Waals surface area contributed by atoms with Crippen LogP contribution in [0, 0.1) is 0 Å². The fourth-order valence-corrected chi connectivity index (χ4v) is 3.24. The van der Waals surface area contributed by atoms with Gasteiger partial charge in [0.1, 0.15) is 29.3 Å². The van der Waals surface area contributed by atoms with Crippen molar-refractivity contribution in [1.29, 1.82) is 0 Å². The number of nitrogen functional groups attached to an aromatic ring is 1. The maximum atomic E-state index is 12.7. The van der Waals surface area contributed by atoms with Gasteiger partial charge in [-0.05, 0) is 13.0 Å². The minimum Gasteiger partial charge on any atom is -0.383 e. The number of fused-ring (bicyclic) bond motifs is 1. The zero-order chi connectivity index (χ0) is 22.6. The highest BCUT2D eigenvalue weighted by Gasteiger charge is 2.51. The van der Waals surface area contributed by atoms with Gasteiger partial charge in [-0.3, -0.25) is 14.3 Å². The fraction of sp³-hybridized carbons (Fsp3) is 0.294. The van der Waals surface area contributed by atoms with Crippen LogP contribution in [0.4, 0.5) is 24.8 Å². The molecule has 1 aliphatic rings. The topological polar surface area (TPSA) is 168 Å². The number of halogens is 3. The molecule has 0 spiro atoms. The minimum absolute atomic E-state index is 0.0263. The number of primary amides is 1. The van der Waals surface area contributed by atoms with Crippen LogP contribution in [0.15, 0.2) is 22.9 Å². The highest BCUT2D eigenvalue weighted by atomic mass is 19.4. The summed E-state index contributed by atoms with van der Waals surface area (Å²) in [5.41, 5.74) is 10.2. The molecule has 0 bridgehead atoms. The summed E-state index contributed by atoms with van der Waals surface area (Å²) in [7, 11) is 0. The molecule has 4 heterocycles. The molecule has 1 atom stereocenters. The first-order valence-corrected chi connectivity index (χ1v) is 8.86. The Labute approximate surface area is 171 Å². The zero-order valence-electron chi connectivity index (χ0n) is 15.9. The lowest BCUT2D eigenvalue weighted by atomic mass is 9.84. The average molecular weight is 436 g/mol. The summed E-state index contributed by atoms with van der Waals surface area (Å²) >= 11 is 0. The highest BCUT2D eigenvalue weighted by Crippen LogP contribution is 2.40. The van der Waals surface area contributed by atoms with Gasteiger partial charge in [-0.25, -0.2) is 9.97 Å². The molecule has 0 aromatic carbocycles. The van der Waals surface area contributed by atoms with E-state index >= 15 is 0 Å². The molecule has 14 heteroatoms. The average Bonchev–Trinajstić information content (AvgIpc) is 3.38. The molecular formula is C17H15F3N8O3. The van der Waals surface area contributed by atoms with E-state index in [1.54, 1.807) is 0 Å². The van der Waals surface area contributed by atoms with Crippen LogP contribution in [0.5, 0.6) is 0 Å². The van der Waals surface area contributed by atoms with Gasteiger partial charge >= 0.3 is 6.18 Å². The number of aromatic nitrogens is 5. The van der Waals surface area contributed by atoms with Crippen molar-refractivity contribution in [2.24, 2.45) is 5.73 Å². The Morgan fingerprint density at radius 3 is 2.68 bits per heavy atom. The number of amides is 2. The van der Waals surface area contributed by atoms with E-state index in [1.165, 1.54) is 25.3 Å². The molecule has 0 saturated carbocycles. The molecule has 3 aromatic rings. The minimum atomic E-state index is -4.40. The number of nitrogens with zero attached hydrogens (tertiary/aromatic N) is 5. The molecule has 1 unspecified atom stereocenters. The van der Waals surface area contributed by atoms with E-state index in [-0.39, 0.29) is 40.1 Å². The Kier molecular flexibility index (Phi) is 4.44. The highest BCUT2D eigenvalue weighted by molar-refractivity contribution is 6.20. The Morgan fingerprint density at radius 1 is 1.32 bits per heavy atom. The number of hydrogen-bond acceptors (Lipinski definition) is 8. The third-order valence-corrected chi connectivity index (χ3v) is 4.93. The Morgan fingerprint density at radius 2 is 2.06 bits per heavy atom. The van der Waals surface area contributed by atoms with Gasteiger partial charge in [0.15, 0.2) is 11.2 Å². The quantitative estimate of drug-likeness (QED) is 0.502. The summed E-state index contributed by atoms with van der Waals surface area (Å²) in [4.78, 5) is 32.5. The Bertz CT molecular complexity index is 1190. The fourth-order valence-electron chi connectivity index (χ4n) is 3.24. The number of aryl methyl sites for hydroxylation is 1. The van der Waals surface area contributed by atoms with Gasteiger partial charge in [-0.15, -0.1) is 0 Å². The molecule has 31 heavy (non-hydrogen) atoms. The van der Waals surface area contributed by atoms with E-state index in [0.717, 1.165) is 4.68 Å². The van der Waals surface area contributed by atoms with Gasteiger partial charge in [0.05, 0.1) is 24.2 Å². The molecule has 11 nitrogen and oxygen atoms in total. The third-order valence-electron chi connectivity index (χ3n) is 4.93. The second kappa shape index (κ2) is 6.78. The number of anilines is 2. The number of nitrogens with one attached hydrogen (secondary N) is 1.